The molecule has 0 aliphatic carbocycles. The van der Waals surface area contributed by atoms with Crippen molar-refractivity contribution in [2.24, 2.45) is 0 Å². The molecule has 0 amide bonds. The van der Waals surface area contributed by atoms with Crippen LogP contribution in [0, 0.1) is 11.3 Å². The van der Waals surface area contributed by atoms with Crippen LogP contribution in [0.5, 0.6) is 0 Å². The Bertz CT molecular complexity index is 339. The summed E-state index contributed by atoms with van der Waals surface area (Å²) in [7, 11) is 0. The molecule has 2 heteroatoms. The van der Waals surface area contributed by atoms with Crippen LogP contribution in [0.4, 0.5) is 5.69 Å². The molecule has 0 saturated carbocycles. The second kappa shape index (κ2) is 8.33. The van der Waals surface area contributed by atoms with E-state index in [0.717, 1.165) is 5.69 Å². The molecule has 1 aromatic carbocycles. The number of allylic oxidation sites excluding steroid dienone is 1. The van der Waals surface area contributed by atoms with Gasteiger partial charge in [0.05, 0.1) is 6.07 Å². The molecular weight excluding hydrogens is 184 g/mol. The summed E-state index contributed by atoms with van der Waals surface area (Å²) >= 11 is 0. The van der Waals surface area contributed by atoms with E-state index in [1.54, 1.807) is 18.5 Å². The third-order valence-electron chi connectivity index (χ3n) is 1.54. The Kier molecular flexibility index (Phi) is 7.07. The fraction of sp³-hybridized carbons (Fsp3) is 0. The first kappa shape index (κ1) is 12.7. The summed E-state index contributed by atoms with van der Waals surface area (Å²) in [6.45, 7) is 10.4. The molecule has 0 aromatic heterocycles. The first-order chi connectivity index (χ1) is 7.29. The average molecular weight is 198 g/mol. The van der Waals surface area contributed by atoms with Crippen molar-refractivity contribution in [1.29, 1.82) is 5.26 Å². The highest BCUT2D eigenvalue weighted by Crippen LogP contribution is 2.12. The summed E-state index contributed by atoms with van der Waals surface area (Å²) in [5.74, 6) is 0. The minimum absolute atomic E-state index is 1.08. The van der Waals surface area contributed by atoms with E-state index in [1.165, 1.54) is 6.08 Å². The maximum atomic E-state index is 7.51. The van der Waals surface area contributed by atoms with E-state index in [1.807, 2.05) is 35.2 Å². The Morgan fingerprint density at radius 1 is 1.07 bits per heavy atom. The standard InChI is InChI=1S/C10H11N.C3H3N/c1-3-11(4-2)10-8-6-5-7-9-10;1-2-3-4/h3-9H,1-2H2;2H,1H2. The van der Waals surface area contributed by atoms with E-state index < -0.39 is 0 Å². The molecule has 0 unspecified atom stereocenters. The average Bonchev–Trinajstić information content (AvgIpc) is 2.32. The zero-order valence-corrected chi connectivity index (χ0v) is 8.63. The highest BCUT2D eigenvalue weighted by atomic mass is 15.1. The van der Waals surface area contributed by atoms with E-state index >= 15 is 0 Å². The molecule has 0 fully saturated rings. The van der Waals surface area contributed by atoms with Gasteiger partial charge in [0, 0.05) is 24.2 Å². The van der Waals surface area contributed by atoms with Crippen LogP contribution in [0.1, 0.15) is 0 Å². The second-order valence-corrected chi connectivity index (χ2v) is 2.44. The molecule has 0 aliphatic rings. The molecule has 0 heterocycles. The Balaban J connectivity index is 0.000000423. The number of nitrogens with zero attached hydrogens (tertiary/aromatic N) is 2. The Labute approximate surface area is 91.1 Å². The van der Waals surface area contributed by atoms with Gasteiger partial charge in [-0.05, 0) is 12.1 Å². The van der Waals surface area contributed by atoms with Crippen LogP contribution in [0.3, 0.4) is 0 Å². The lowest BCUT2D eigenvalue weighted by molar-refractivity contribution is 1.30. The van der Waals surface area contributed by atoms with E-state index in [0.29, 0.717) is 0 Å². The third-order valence-corrected chi connectivity index (χ3v) is 1.54. The predicted octanol–water partition coefficient (Wildman–Crippen LogP) is 3.48. The molecule has 0 spiro atoms. The van der Waals surface area contributed by atoms with Crippen molar-refractivity contribution >= 4 is 5.69 Å². The summed E-state index contributed by atoms with van der Waals surface area (Å²) in [6.07, 6.45) is 4.63. The number of para-hydroxylation sites is 1. The van der Waals surface area contributed by atoms with Crippen LogP contribution in [0.15, 0.2) is 68.5 Å². The van der Waals surface area contributed by atoms with Crippen LogP contribution >= 0.6 is 0 Å². The quantitative estimate of drug-likeness (QED) is 0.695. The van der Waals surface area contributed by atoms with E-state index in [4.69, 9.17) is 5.26 Å². The molecule has 0 atom stereocenters. The van der Waals surface area contributed by atoms with E-state index in [2.05, 4.69) is 19.7 Å². The molecule has 0 aliphatic heterocycles. The van der Waals surface area contributed by atoms with Crippen molar-refractivity contribution in [2.75, 3.05) is 4.90 Å². The lowest BCUT2D eigenvalue weighted by Crippen LogP contribution is -2.04. The van der Waals surface area contributed by atoms with Gasteiger partial charge in [-0.1, -0.05) is 37.9 Å². The summed E-state index contributed by atoms with van der Waals surface area (Å²) in [5, 5.41) is 7.51. The predicted molar refractivity (Wildman–Crippen MR) is 65.1 cm³/mol. The van der Waals surface area contributed by atoms with Gasteiger partial charge in [-0.2, -0.15) is 5.26 Å². The SMILES string of the molecule is C=CC#N.C=CN(C=C)c1ccccc1. The number of benzene rings is 1. The number of hydrogen-bond acceptors (Lipinski definition) is 2. The van der Waals surface area contributed by atoms with Gasteiger partial charge in [0.1, 0.15) is 0 Å². The molecule has 0 saturated heterocycles. The maximum Gasteiger partial charge on any atom is 0.0905 e. The molecule has 76 valence electrons. The minimum atomic E-state index is 1.08. The van der Waals surface area contributed by atoms with Gasteiger partial charge >= 0.3 is 0 Å². The number of anilines is 1. The molecule has 15 heavy (non-hydrogen) atoms. The van der Waals surface area contributed by atoms with Crippen molar-refractivity contribution in [3.8, 4) is 6.07 Å². The molecule has 0 bridgehead atoms. The highest BCUT2D eigenvalue weighted by Gasteiger charge is 1.93. The van der Waals surface area contributed by atoms with Gasteiger partial charge in [-0.3, -0.25) is 0 Å². The van der Waals surface area contributed by atoms with Crippen molar-refractivity contribution < 1.29 is 0 Å². The summed E-state index contributed by atoms with van der Waals surface area (Å²) in [5.41, 5.74) is 1.08. The third kappa shape index (κ3) is 5.12. The molecule has 2 nitrogen and oxygen atoms in total. The van der Waals surface area contributed by atoms with Gasteiger partial charge in [0.15, 0.2) is 0 Å². The maximum absolute atomic E-state index is 7.51. The number of nitriles is 1. The molecule has 1 aromatic rings. The first-order valence-corrected chi connectivity index (χ1v) is 4.39. The van der Waals surface area contributed by atoms with Crippen LogP contribution in [-0.4, -0.2) is 0 Å². The molecular formula is C13H14N2. The largest absolute Gasteiger partial charge is 0.325 e. The highest BCUT2D eigenvalue weighted by molar-refractivity contribution is 5.50. The molecule has 0 N–H and O–H groups in total. The minimum Gasteiger partial charge on any atom is -0.325 e. The van der Waals surface area contributed by atoms with E-state index in [-0.39, 0.29) is 0 Å². The Hall–Kier alpha value is -2.27. The lowest BCUT2D eigenvalue weighted by Gasteiger charge is -2.13. The van der Waals surface area contributed by atoms with Crippen molar-refractivity contribution in [1.82, 2.24) is 0 Å². The Morgan fingerprint density at radius 3 is 1.87 bits per heavy atom. The van der Waals surface area contributed by atoms with Crippen LogP contribution in [-0.2, 0) is 0 Å². The fourth-order valence-corrected chi connectivity index (χ4v) is 0.885. The smallest absolute Gasteiger partial charge is 0.0905 e. The first-order valence-electron chi connectivity index (χ1n) is 4.39. The zero-order valence-electron chi connectivity index (χ0n) is 8.63. The van der Waals surface area contributed by atoms with E-state index in [9.17, 15) is 0 Å². The van der Waals surface area contributed by atoms with Crippen molar-refractivity contribution in [3.05, 3.63) is 68.5 Å². The van der Waals surface area contributed by atoms with Gasteiger partial charge in [0.25, 0.3) is 0 Å². The summed E-state index contributed by atoms with van der Waals surface area (Å²) in [6, 6.07) is 11.6. The van der Waals surface area contributed by atoms with Crippen molar-refractivity contribution in [2.45, 2.75) is 0 Å². The monoisotopic (exact) mass is 198 g/mol. The second-order valence-electron chi connectivity index (χ2n) is 2.44. The Morgan fingerprint density at radius 2 is 1.53 bits per heavy atom. The van der Waals surface area contributed by atoms with Gasteiger partial charge in [-0.15, -0.1) is 0 Å². The molecule has 0 radical (unpaired) electrons. The van der Waals surface area contributed by atoms with Gasteiger partial charge < -0.3 is 4.90 Å². The molecule has 1 rings (SSSR count). The number of hydrogen-bond donors (Lipinski definition) is 0. The fourth-order valence-electron chi connectivity index (χ4n) is 0.885. The topological polar surface area (TPSA) is 27.0 Å². The van der Waals surface area contributed by atoms with Gasteiger partial charge in [0.2, 0.25) is 0 Å². The summed E-state index contributed by atoms with van der Waals surface area (Å²) < 4.78 is 0. The summed E-state index contributed by atoms with van der Waals surface area (Å²) in [4.78, 5) is 1.86. The van der Waals surface area contributed by atoms with Crippen LogP contribution in [0.2, 0.25) is 0 Å². The number of rotatable bonds is 3. The van der Waals surface area contributed by atoms with Crippen LogP contribution in [0.25, 0.3) is 0 Å². The van der Waals surface area contributed by atoms with Crippen LogP contribution < -0.4 is 4.90 Å². The normalized spacial score (nSPS) is 7.40. The van der Waals surface area contributed by atoms with Crippen molar-refractivity contribution in [3.63, 3.8) is 0 Å². The van der Waals surface area contributed by atoms with Gasteiger partial charge in [-0.25, -0.2) is 0 Å². The lowest BCUT2D eigenvalue weighted by atomic mass is 10.3. The zero-order chi connectivity index (χ0) is 11.5.